The van der Waals surface area contributed by atoms with Crippen molar-refractivity contribution in [2.45, 2.75) is 44.2 Å². The first-order valence-corrected chi connectivity index (χ1v) is 5.95. The summed E-state index contributed by atoms with van der Waals surface area (Å²) >= 11 is 0. The van der Waals surface area contributed by atoms with Crippen LogP contribution in [0.5, 0.6) is 0 Å². The van der Waals surface area contributed by atoms with Crippen molar-refractivity contribution in [1.29, 1.82) is 0 Å². The highest BCUT2D eigenvalue weighted by Crippen LogP contribution is 2.18. The first kappa shape index (κ1) is 10.9. The van der Waals surface area contributed by atoms with Gasteiger partial charge in [-0.2, -0.15) is 0 Å². The molecule has 0 aromatic rings. The maximum Gasteiger partial charge on any atom is 0.223 e. The topological polar surface area (TPSA) is 52.6 Å². The van der Waals surface area contributed by atoms with E-state index in [1.165, 1.54) is 12.8 Å². The van der Waals surface area contributed by atoms with Gasteiger partial charge >= 0.3 is 0 Å². The second-order valence-electron chi connectivity index (χ2n) is 4.61. The van der Waals surface area contributed by atoms with E-state index in [2.05, 4.69) is 5.32 Å². The molecule has 0 radical (unpaired) electrons. The minimum atomic E-state index is -0.306. The predicted molar refractivity (Wildman–Crippen MR) is 57.5 cm³/mol. The first-order chi connectivity index (χ1) is 7.25. The number of hydrogen-bond acceptors (Lipinski definition) is 3. The molecule has 4 heteroatoms. The molecule has 1 heterocycles. The van der Waals surface area contributed by atoms with E-state index in [9.17, 15) is 9.90 Å². The number of carbonyl (C=O) groups is 1. The number of β-amino-alcohol motifs (C(OH)–C–C–N with tert-alkyl or cyclic N) is 1. The Morgan fingerprint density at radius 2 is 2.20 bits per heavy atom. The van der Waals surface area contributed by atoms with Gasteiger partial charge in [-0.1, -0.05) is 0 Å². The van der Waals surface area contributed by atoms with Crippen LogP contribution in [0, 0.1) is 0 Å². The lowest BCUT2D eigenvalue weighted by atomic mass is 10.1. The molecular formula is C11H20N2O2. The molecule has 2 aliphatic rings. The van der Waals surface area contributed by atoms with Crippen LogP contribution in [0.15, 0.2) is 0 Å². The van der Waals surface area contributed by atoms with Crippen molar-refractivity contribution in [2.24, 2.45) is 0 Å². The molecule has 0 unspecified atom stereocenters. The third kappa shape index (κ3) is 3.47. The quantitative estimate of drug-likeness (QED) is 0.695. The molecule has 0 bridgehead atoms. The van der Waals surface area contributed by atoms with Crippen molar-refractivity contribution in [3.63, 3.8) is 0 Å². The summed E-state index contributed by atoms with van der Waals surface area (Å²) in [7, 11) is 0. The van der Waals surface area contributed by atoms with E-state index >= 15 is 0 Å². The number of rotatable bonds is 4. The number of likely N-dealkylation sites (tertiary alicyclic amines) is 1. The molecule has 1 amide bonds. The lowest BCUT2D eigenvalue weighted by Crippen LogP contribution is -2.43. The monoisotopic (exact) mass is 212 g/mol. The molecule has 0 aromatic carbocycles. The molecule has 0 aromatic heterocycles. The zero-order valence-corrected chi connectivity index (χ0v) is 9.11. The van der Waals surface area contributed by atoms with E-state index in [0.29, 0.717) is 19.0 Å². The largest absolute Gasteiger partial charge is 0.391 e. The summed E-state index contributed by atoms with van der Waals surface area (Å²) in [6.07, 6.45) is 4.56. The molecule has 2 N–H and O–H groups in total. The lowest BCUT2D eigenvalue weighted by Gasteiger charge is -2.30. The molecule has 1 atom stereocenters. The number of amides is 1. The Morgan fingerprint density at radius 1 is 1.40 bits per heavy atom. The second kappa shape index (κ2) is 4.94. The molecule has 1 saturated carbocycles. The maximum absolute atomic E-state index is 11.7. The van der Waals surface area contributed by atoms with E-state index in [0.717, 1.165) is 25.9 Å². The Hall–Kier alpha value is -0.610. The Morgan fingerprint density at radius 3 is 2.87 bits per heavy atom. The van der Waals surface area contributed by atoms with Crippen molar-refractivity contribution in [3.8, 4) is 0 Å². The molecule has 4 nitrogen and oxygen atoms in total. The lowest BCUT2D eigenvalue weighted by molar-refractivity contribution is -0.134. The highest BCUT2D eigenvalue weighted by atomic mass is 16.3. The summed E-state index contributed by atoms with van der Waals surface area (Å²) in [6.45, 7) is 2.14. The Balaban J connectivity index is 1.64. The van der Waals surface area contributed by atoms with Gasteiger partial charge in [-0.15, -0.1) is 0 Å². The molecular weight excluding hydrogens is 192 g/mol. The van der Waals surface area contributed by atoms with E-state index in [1.54, 1.807) is 4.90 Å². The molecule has 1 aliphatic carbocycles. The fourth-order valence-electron chi connectivity index (χ4n) is 2.01. The van der Waals surface area contributed by atoms with Crippen LogP contribution < -0.4 is 5.32 Å². The Bertz CT molecular complexity index is 229. The SMILES string of the molecule is O=C(CCNC1CC1)N1CCC[C@H](O)C1. The molecule has 1 saturated heterocycles. The minimum Gasteiger partial charge on any atom is -0.391 e. The Kier molecular flexibility index (Phi) is 3.59. The average Bonchev–Trinajstić information content (AvgIpc) is 3.01. The smallest absolute Gasteiger partial charge is 0.223 e. The zero-order chi connectivity index (χ0) is 10.7. The van der Waals surface area contributed by atoms with Crippen LogP contribution in [0.2, 0.25) is 0 Å². The van der Waals surface area contributed by atoms with E-state index in [1.807, 2.05) is 0 Å². The van der Waals surface area contributed by atoms with Gasteiger partial charge in [0, 0.05) is 32.1 Å². The average molecular weight is 212 g/mol. The third-order valence-corrected chi connectivity index (χ3v) is 3.10. The first-order valence-electron chi connectivity index (χ1n) is 5.95. The highest BCUT2D eigenvalue weighted by Gasteiger charge is 2.23. The van der Waals surface area contributed by atoms with E-state index in [-0.39, 0.29) is 12.0 Å². The molecule has 2 rings (SSSR count). The molecule has 0 spiro atoms. The van der Waals surface area contributed by atoms with Gasteiger partial charge in [-0.3, -0.25) is 4.79 Å². The van der Waals surface area contributed by atoms with E-state index in [4.69, 9.17) is 0 Å². The minimum absolute atomic E-state index is 0.182. The van der Waals surface area contributed by atoms with Crippen LogP contribution in [0.4, 0.5) is 0 Å². The third-order valence-electron chi connectivity index (χ3n) is 3.10. The van der Waals surface area contributed by atoms with Gasteiger partial charge in [0.2, 0.25) is 5.91 Å². The summed E-state index contributed by atoms with van der Waals surface area (Å²) in [6, 6.07) is 0.671. The predicted octanol–water partition coefficient (Wildman–Crippen LogP) is 0.112. The van der Waals surface area contributed by atoms with Crippen LogP contribution in [-0.2, 0) is 4.79 Å². The van der Waals surface area contributed by atoms with Crippen LogP contribution in [-0.4, -0.2) is 47.7 Å². The molecule has 86 valence electrons. The van der Waals surface area contributed by atoms with Gasteiger partial charge in [0.05, 0.1) is 6.10 Å². The van der Waals surface area contributed by atoms with Crippen LogP contribution >= 0.6 is 0 Å². The van der Waals surface area contributed by atoms with Crippen molar-refractivity contribution >= 4 is 5.91 Å². The summed E-state index contributed by atoms with van der Waals surface area (Å²) in [5.74, 6) is 0.182. The van der Waals surface area contributed by atoms with Crippen LogP contribution in [0.25, 0.3) is 0 Å². The number of nitrogens with one attached hydrogen (secondary N) is 1. The summed E-state index contributed by atoms with van der Waals surface area (Å²) in [4.78, 5) is 13.5. The molecule has 2 fully saturated rings. The van der Waals surface area contributed by atoms with Gasteiger partial charge in [-0.25, -0.2) is 0 Å². The zero-order valence-electron chi connectivity index (χ0n) is 9.11. The number of carbonyl (C=O) groups excluding carboxylic acids is 1. The maximum atomic E-state index is 11.7. The summed E-state index contributed by atoms with van der Waals surface area (Å²) in [5.41, 5.74) is 0. The number of hydrogen-bond donors (Lipinski definition) is 2. The van der Waals surface area contributed by atoms with Crippen molar-refractivity contribution < 1.29 is 9.90 Å². The van der Waals surface area contributed by atoms with Crippen molar-refractivity contribution in [3.05, 3.63) is 0 Å². The van der Waals surface area contributed by atoms with E-state index < -0.39 is 0 Å². The fourth-order valence-corrected chi connectivity index (χ4v) is 2.01. The summed E-state index contributed by atoms with van der Waals surface area (Å²) < 4.78 is 0. The number of aliphatic hydroxyl groups excluding tert-OH is 1. The van der Waals surface area contributed by atoms with Crippen molar-refractivity contribution in [1.82, 2.24) is 10.2 Å². The Labute approximate surface area is 90.6 Å². The number of aliphatic hydroxyl groups is 1. The highest BCUT2D eigenvalue weighted by molar-refractivity contribution is 5.76. The normalized spacial score (nSPS) is 26.7. The second-order valence-corrected chi connectivity index (χ2v) is 4.61. The molecule has 1 aliphatic heterocycles. The van der Waals surface area contributed by atoms with Crippen molar-refractivity contribution in [2.75, 3.05) is 19.6 Å². The van der Waals surface area contributed by atoms with Gasteiger partial charge in [0.1, 0.15) is 0 Å². The van der Waals surface area contributed by atoms with Crippen LogP contribution in [0.1, 0.15) is 32.1 Å². The van der Waals surface area contributed by atoms with Gasteiger partial charge < -0.3 is 15.3 Å². The standard InChI is InChI=1S/C11H20N2O2/c14-10-2-1-7-13(8-10)11(15)5-6-12-9-3-4-9/h9-10,12,14H,1-8H2/t10-/m0/s1. The fraction of sp³-hybridized carbons (Fsp3) is 0.909. The van der Waals surface area contributed by atoms with Crippen LogP contribution in [0.3, 0.4) is 0 Å². The van der Waals surface area contributed by atoms with Gasteiger partial charge in [-0.05, 0) is 25.7 Å². The molecule has 15 heavy (non-hydrogen) atoms. The number of piperidine rings is 1. The van der Waals surface area contributed by atoms with Gasteiger partial charge in [0.15, 0.2) is 0 Å². The summed E-state index contributed by atoms with van der Waals surface area (Å²) in [5, 5.41) is 12.8. The van der Waals surface area contributed by atoms with Gasteiger partial charge in [0.25, 0.3) is 0 Å². The number of nitrogens with zero attached hydrogens (tertiary/aromatic N) is 1.